The van der Waals surface area contributed by atoms with Gasteiger partial charge in [-0.15, -0.1) is 0 Å². The van der Waals surface area contributed by atoms with E-state index >= 15 is 0 Å². The summed E-state index contributed by atoms with van der Waals surface area (Å²) in [5.41, 5.74) is 0.843. The van der Waals surface area contributed by atoms with E-state index in [1.165, 1.54) is 18.2 Å². The first-order valence-corrected chi connectivity index (χ1v) is 6.04. The minimum absolute atomic E-state index is 0.149. The summed E-state index contributed by atoms with van der Waals surface area (Å²) in [7, 11) is 0. The van der Waals surface area contributed by atoms with Gasteiger partial charge >= 0.3 is 0 Å². The summed E-state index contributed by atoms with van der Waals surface area (Å²) in [6.45, 7) is 0. The number of pyridine rings is 1. The van der Waals surface area contributed by atoms with Crippen molar-refractivity contribution >= 4 is 41.1 Å². The summed E-state index contributed by atoms with van der Waals surface area (Å²) in [5, 5.41) is 3.36. The van der Waals surface area contributed by atoms with Crippen LogP contribution in [0, 0.1) is 0 Å². The number of nitrogens with one attached hydrogen (secondary N) is 1. The Morgan fingerprint density at radius 2 is 1.95 bits per heavy atom. The molecule has 1 aromatic heterocycles. The molecule has 6 heteroatoms. The molecule has 0 fully saturated rings. The van der Waals surface area contributed by atoms with Crippen molar-refractivity contribution in [1.82, 2.24) is 4.98 Å². The largest absolute Gasteiger partial charge is 0.321 e. The van der Waals surface area contributed by atoms with Crippen molar-refractivity contribution in [1.29, 1.82) is 0 Å². The number of halogens is 2. The highest BCUT2D eigenvalue weighted by atomic mass is 35.5. The maximum Gasteiger partial charge on any atom is 0.274 e. The Labute approximate surface area is 119 Å². The van der Waals surface area contributed by atoms with Gasteiger partial charge in [-0.2, -0.15) is 0 Å². The first-order chi connectivity index (χ1) is 9.10. The van der Waals surface area contributed by atoms with Crippen LogP contribution in [0.3, 0.4) is 0 Å². The van der Waals surface area contributed by atoms with E-state index in [4.69, 9.17) is 23.2 Å². The molecular weight excluding hydrogens is 287 g/mol. The van der Waals surface area contributed by atoms with Crippen LogP contribution in [0.5, 0.6) is 0 Å². The zero-order valence-electron chi connectivity index (χ0n) is 9.56. The molecule has 1 aromatic carbocycles. The number of anilines is 1. The number of aldehydes is 1. The lowest BCUT2D eigenvalue weighted by atomic mass is 10.2. The van der Waals surface area contributed by atoms with E-state index in [2.05, 4.69) is 10.3 Å². The van der Waals surface area contributed by atoms with Crippen LogP contribution >= 0.6 is 23.2 Å². The van der Waals surface area contributed by atoms with Gasteiger partial charge in [0.05, 0.1) is 10.0 Å². The molecule has 0 bridgehead atoms. The second kappa shape index (κ2) is 5.82. The fourth-order valence-corrected chi connectivity index (χ4v) is 1.71. The van der Waals surface area contributed by atoms with Gasteiger partial charge in [-0.05, 0) is 30.3 Å². The van der Waals surface area contributed by atoms with Gasteiger partial charge in [-0.1, -0.05) is 29.3 Å². The Bertz CT molecular complexity index is 644. The summed E-state index contributed by atoms with van der Waals surface area (Å²) in [6, 6.07) is 9.35. The first-order valence-electron chi connectivity index (χ1n) is 5.29. The van der Waals surface area contributed by atoms with E-state index < -0.39 is 5.91 Å². The molecule has 1 N–H and O–H groups in total. The van der Waals surface area contributed by atoms with E-state index in [9.17, 15) is 9.59 Å². The van der Waals surface area contributed by atoms with Crippen LogP contribution in [-0.4, -0.2) is 17.2 Å². The number of rotatable bonds is 3. The van der Waals surface area contributed by atoms with Gasteiger partial charge in [-0.3, -0.25) is 9.59 Å². The lowest BCUT2D eigenvalue weighted by Crippen LogP contribution is -2.14. The highest BCUT2D eigenvalue weighted by molar-refractivity contribution is 6.42. The third-order valence-corrected chi connectivity index (χ3v) is 3.04. The molecule has 0 atom stereocenters. The van der Waals surface area contributed by atoms with Gasteiger partial charge in [0.2, 0.25) is 0 Å². The van der Waals surface area contributed by atoms with Crippen LogP contribution < -0.4 is 5.32 Å². The Kier molecular flexibility index (Phi) is 4.14. The molecule has 0 unspecified atom stereocenters. The van der Waals surface area contributed by atoms with E-state index in [1.54, 1.807) is 18.2 Å². The number of carbonyl (C=O) groups excluding carboxylic acids is 2. The van der Waals surface area contributed by atoms with Crippen LogP contribution in [-0.2, 0) is 0 Å². The number of carbonyl (C=O) groups is 2. The van der Waals surface area contributed by atoms with Crippen molar-refractivity contribution in [2.45, 2.75) is 0 Å². The number of amides is 1. The molecular formula is C13H8Cl2N2O2. The second-order valence-corrected chi connectivity index (χ2v) is 4.46. The normalized spacial score (nSPS) is 10.0. The average molecular weight is 295 g/mol. The molecule has 2 rings (SSSR count). The van der Waals surface area contributed by atoms with Gasteiger partial charge in [0.15, 0.2) is 6.29 Å². The van der Waals surface area contributed by atoms with Crippen molar-refractivity contribution in [3.8, 4) is 0 Å². The van der Waals surface area contributed by atoms with Crippen molar-refractivity contribution < 1.29 is 9.59 Å². The predicted molar refractivity (Wildman–Crippen MR) is 74.0 cm³/mol. The van der Waals surface area contributed by atoms with Gasteiger partial charge in [0, 0.05) is 5.69 Å². The van der Waals surface area contributed by atoms with E-state index in [-0.39, 0.29) is 11.4 Å². The van der Waals surface area contributed by atoms with E-state index in [1.807, 2.05) is 0 Å². The minimum Gasteiger partial charge on any atom is -0.321 e. The van der Waals surface area contributed by atoms with Gasteiger partial charge in [0.1, 0.15) is 11.4 Å². The highest BCUT2D eigenvalue weighted by Crippen LogP contribution is 2.25. The Hall–Kier alpha value is -1.91. The third kappa shape index (κ3) is 3.30. The van der Waals surface area contributed by atoms with Crippen LogP contribution in [0.2, 0.25) is 10.0 Å². The summed E-state index contributed by atoms with van der Waals surface area (Å²) < 4.78 is 0. The average Bonchev–Trinajstić information content (AvgIpc) is 2.43. The molecule has 0 saturated carbocycles. The molecule has 0 saturated heterocycles. The zero-order valence-corrected chi connectivity index (χ0v) is 11.1. The molecule has 2 aromatic rings. The molecule has 4 nitrogen and oxygen atoms in total. The zero-order chi connectivity index (χ0) is 13.8. The second-order valence-electron chi connectivity index (χ2n) is 3.65. The van der Waals surface area contributed by atoms with Crippen molar-refractivity contribution in [3.63, 3.8) is 0 Å². The fraction of sp³-hybridized carbons (Fsp3) is 0. The maximum absolute atomic E-state index is 11.9. The molecule has 96 valence electrons. The molecule has 19 heavy (non-hydrogen) atoms. The van der Waals surface area contributed by atoms with Gasteiger partial charge in [-0.25, -0.2) is 4.98 Å². The first kappa shape index (κ1) is 13.5. The standard InChI is InChI=1S/C13H8Cl2N2O2/c14-10-5-4-8(6-11(10)15)17-13(19)12-3-1-2-9(7-18)16-12/h1-7H,(H,17,19). The van der Waals surface area contributed by atoms with Crippen LogP contribution in [0.1, 0.15) is 21.0 Å². The molecule has 1 amide bonds. The number of hydrogen-bond acceptors (Lipinski definition) is 3. The molecule has 0 aliphatic heterocycles. The summed E-state index contributed by atoms with van der Waals surface area (Å²) >= 11 is 11.6. The monoisotopic (exact) mass is 294 g/mol. The lowest BCUT2D eigenvalue weighted by molar-refractivity contribution is 0.102. The van der Waals surface area contributed by atoms with Gasteiger partial charge in [0.25, 0.3) is 5.91 Å². The molecule has 0 aliphatic rings. The maximum atomic E-state index is 11.9. The quantitative estimate of drug-likeness (QED) is 0.882. The molecule has 1 heterocycles. The third-order valence-electron chi connectivity index (χ3n) is 2.30. The topological polar surface area (TPSA) is 59.1 Å². The fourth-order valence-electron chi connectivity index (χ4n) is 1.41. The minimum atomic E-state index is -0.429. The molecule has 0 aliphatic carbocycles. The number of nitrogens with zero attached hydrogens (tertiary/aromatic N) is 1. The van der Waals surface area contributed by atoms with Crippen LogP contribution in [0.25, 0.3) is 0 Å². The highest BCUT2D eigenvalue weighted by Gasteiger charge is 2.09. The lowest BCUT2D eigenvalue weighted by Gasteiger charge is -2.06. The van der Waals surface area contributed by atoms with Gasteiger partial charge < -0.3 is 5.32 Å². The van der Waals surface area contributed by atoms with Crippen molar-refractivity contribution in [3.05, 3.63) is 57.8 Å². The Morgan fingerprint density at radius 1 is 1.16 bits per heavy atom. The molecule has 0 spiro atoms. The smallest absolute Gasteiger partial charge is 0.274 e. The predicted octanol–water partition coefficient (Wildman–Crippen LogP) is 3.45. The van der Waals surface area contributed by atoms with Crippen LogP contribution in [0.15, 0.2) is 36.4 Å². The number of aromatic nitrogens is 1. The Morgan fingerprint density at radius 3 is 2.63 bits per heavy atom. The number of hydrogen-bond donors (Lipinski definition) is 1. The van der Waals surface area contributed by atoms with E-state index in [0.717, 1.165) is 0 Å². The summed E-state index contributed by atoms with van der Waals surface area (Å²) in [5.74, 6) is -0.429. The SMILES string of the molecule is O=Cc1cccc(C(=O)Nc2ccc(Cl)c(Cl)c2)n1. The van der Waals surface area contributed by atoms with E-state index in [0.29, 0.717) is 22.0 Å². The van der Waals surface area contributed by atoms with Crippen LogP contribution in [0.4, 0.5) is 5.69 Å². The summed E-state index contributed by atoms with van der Waals surface area (Å²) in [4.78, 5) is 26.4. The number of benzene rings is 1. The Balaban J connectivity index is 2.20. The molecule has 0 radical (unpaired) electrons. The van der Waals surface area contributed by atoms with Crippen molar-refractivity contribution in [2.24, 2.45) is 0 Å². The summed E-state index contributed by atoms with van der Waals surface area (Å²) in [6.07, 6.45) is 0.579. The van der Waals surface area contributed by atoms with Crippen molar-refractivity contribution in [2.75, 3.05) is 5.32 Å².